The maximum absolute atomic E-state index is 12.1. The summed E-state index contributed by atoms with van der Waals surface area (Å²) in [6.45, 7) is 0. The summed E-state index contributed by atoms with van der Waals surface area (Å²) < 4.78 is 0. The van der Waals surface area contributed by atoms with Crippen molar-refractivity contribution in [2.45, 2.75) is 0 Å². The molecule has 3 rings (SSSR count). The largest absolute Gasteiger partial charge is 0.382 e. The van der Waals surface area contributed by atoms with Crippen molar-refractivity contribution in [1.82, 2.24) is 16.1 Å². The van der Waals surface area contributed by atoms with Crippen LogP contribution in [0.1, 0.15) is 15.9 Å². The molecule has 0 radical (unpaired) electrons. The minimum Gasteiger partial charge on any atom is -0.382 e. The molecular weight excluding hydrogens is 278 g/mol. The predicted octanol–water partition coefficient (Wildman–Crippen LogP) is 1.46. The summed E-state index contributed by atoms with van der Waals surface area (Å²) in [5.41, 5.74) is 13.7. The number of nitrogens with two attached hydrogens (primary N) is 1. The van der Waals surface area contributed by atoms with E-state index in [9.17, 15) is 4.79 Å². The molecule has 0 bridgehead atoms. The highest BCUT2D eigenvalue weighted by Gasteiger charge is 2.15. The fraction of sp³-hybridized carbons (Fsp3) is 0. The molecule has 0 fully saturated rings. The Morgan fingerprint density at radius 3 is 2.36 bits per heavy atom. The summed E-state index contributed by atoms with van der Waals surface area (Å²) in [5, 5.41) is 5.25. The second-order valence-corrected chi connectivity index (χ2v) is 4.68. The second-order valence-electron chi connectivity index (χ2n) is 4.68. The zero-order chi connectivity index (χ0) is 15.4. The lowest BCUT2D eigenvalue weighted by Crippen LogP contribution is -2.49. The van der Waals surface area contributed by atoms with Gasteiger partial charge in [-0.05, 0) is 17.7 Å². The zero-order valence-corrected chi connectivity index (χ0v) is 11.7. The van der Waals surface area contributed by atoms with Gasteiger partial charge in [0, 0.05) is 11.6 Å². The van der Waals surface area contributed by atoms with Crippen LogP contribution in [0.5, 0.6) is 0 Å². The number of amidine groups is 1. The molecule has 6 nitrogen and oxygen atoms in total. The van der Waals surface area contributed by atoms with Gasteiger partial charge in [0.2, 0.25) is 0 Å². The van der Waals surface area contributed by atoms with Gasteiger partial charge in [0.05, 0.1) is 5.70 Å². The summed E-state index contributed by atoms with van der Waals surface area (Å²) in [4.78, 5) is 12.1. The molecule has 22 heavy (non-hydrogen) atoms. The number of carbonyl (C=O) groups excluding carboxylic acids is 1. The molecule has 1 aliphatic heterocycles. The second kappa shape index (κ2) is 6.01. The molecule has 2 aromatic carbocycles. The van der Waals surface area contributed by atoms with Gasteiger partial charge in [-0.25, -0.2) is 5.43 Å². The average Bonchev–Trinajstić information content (AvgIpc) is 2.56. The summed E-state index contributed by atoms with van der Waals surface area (Å²) in [6, 6.07) is 18.5. The Kier molecular flexibility index (Phi) is 3.74. The monoisotopic (exact) mass is 293 g/mol. The fourth-order valence-corrected chi connectivity index (χ4v) is 2.03. The van der Waals surface area contributed by atoms with Crippen molar-refractivity contribution in [3.63, 3.8) is 0 Å². The van der Waals surface area contributed by atoms with Gasteiger partial charge in [-0.1, -0.05) is 48.5 Å². The Labute approximate surface area is 127 Å². The molecule has 0 atom stereocenters. The maximum atomic E-state index is 12.1. The van der Waals surface area contributed by atoms with Gasteiger partial charge in [-0.3, -0.25) is 10.2 Å². The van der Waals surface area contributed by atoms with E-state index >= 15 is 0 Å². The first-order chi connectivity index (χ1) is 10.7. The third-order valence-electron chi connectivity index (χ3n) is 3.06. The van der Waals surface area contributed by atoms with Gasteiger partial charge in [0.25, 0.3) is 5.91 Å². The highest BCUT2D eigenvalue weighted by molar-refractivity contribution is 5.99. The zero-order valence-electron chi connectivity index (χ0n) is 11.7. The van der Waals surface area contributed by atoms with Crippen LogP contribution in [0.15, 0.2) is 71.8 Å². The summed E-state index contributed by atoms with van der Waals surface area (Å²) in [6.07, 6.45) is 1.71. The Bertz CT molecular complexity index is 723. The number of hydrogen-bond acceptors (Lipinski definition) is 5. The summed E-state index contributed by atoms with van der Waals surface area (Å²) in [7, 11) is 0. The molecule has 6 heteroatoms. The predicted molar refractivity (Wildman–Crippen MR) is 84.9 cm³/mol. The van der Waals surface area contributed by atoms with E-state index in [0.717, 1.165) is 11.3 Å². The first kappa shape index (κ1) is 13.7. The number of hydrazine groups is 2. The van der Waals surface area contributed by atoms with Crippen LogP contribution in [0, 0.1) is 0 Å². The fourth-order valence-electron chi connectivity index (χ4n) is 2.03. The van der Waals surface area contributed by atoms with E-state index in [1.165, 1.54) is 5.23 Å². The number of nitrogens with zero attached hydrogens (tertiary/aromatic N) is 2. The van der Waals surface area contributed by atoms with E-state index in [4.69, 9.17) is 5.73 Å². The molecule has 4 N–H and O–H groups in total. The molecule has 0 unspecified atom stereocenters. The van der Waals surface area contributed by atoms with Crippen molar-refractivity contribution in [2.75, 3.05) is 0 Å². The number of hydrazone groups is 1. The molecular formula is C16H15N5O. The maximum Gasteiger partial charge on any atom is 0.272 e. The quantitative estimate of drug-likeness (QED) is 0.800. The van der Waals surface area contributed by atoms with Crippen molar-refractivity contribution in [2.24, 2.45) is 10.8 Å². The Morgan fingerprint density at radius 1 is 1.05 bits per heavy atom. The van der Waals surface area contributed by atoms with E-state index < -0.39 is 0 Å². The molecule has 1 aliphatic rings. The molecule has 1 amide bonds. The molecule has 0 spiro atoms. The first-order valence-electron chi connectivity index (χ1n) is 6.76. The molecule has 0 saturated heterocycles. The smallest absolute Gasteiger partial charge is 0.272 e. The number of amides is 1. The molecule has 0 aromatic heterocycles. The molecule has 110 valence electrons. The van der Waals surface area contributed by atoms with Crippen LogP contribution in [0.2, 0.25) is 0 Å². The number of rotatable bonds is 3. The van der Waals surface area contributed by atoms with Crippen LogP contribution in [-0.4, -0.2) is 17.0 Å². The number of hydrogen-bond donors (Lipinski definition) is 3. The van der Waals surface area contributed by atoms with Crippen LogP contribution >= 0.6 is 0 Å². The van der Waals surface area contributed by atoms with Gasteiger partial charge in [-0.15, -0.1) is 10.3 Å². The van der Waals surface area contributed by atoms with Gasteiger partial charge < -0.3 is 5.73 Å². The van der Waals surface area contributed by atoms with Crippen LogP contribution in [0.3, 0.4) is 0 Å². The SMILES string of the molecule is NC1=NN(NC(=O)c2ccccc2)NC(c2ccccc2)=C1. The number of nitrogens with one attached hydrogen (secondary N) is 2. The van der Waals surface area contributed by atoms with Crippen molar-refractivity contribution >= 4 is 17.4 Å². The van der Waals surface area contributed by atoms with Gasteiger partial charge >= 0.3 is 0 Å². The van der Waals surface area contributed by atoms with Gasteiger partial charge in [-0.2, -0.15) is 0 Å². The summed E-state index contributed by atoms with van der Waals surface area (Å²) >= 11 is 0. The van der Waals surface area contributed by atoms with Gasteiger partial charge in [0.1, 0.15) is 5.84 Å². The van der Waals surface area contributed by atoms with Crippen molar-refractivity contribution < 1.29 is 4.79 Å². The van der Waals surface area contributed by atoms with Crippen LogP contribution in [-0.2, 0) is 0 Å². The van der Waals surface area contributed by atoms with Crippen LogP contribution in [0.4, 0.5) is 0 Å². The highest BCUT2D eigenvalue weighted by atomic mass is 16.2. The van der Waals surface area contributed by atoms with E-state index in [2.05, 4.69) is 16.0 Å². The van der Waals surface area contributed by atoms with Crippen LogP contribution in [0.25, 0.3) is 5.70 Å². The highest BCUT2D eigenvalue weighted by Crippen LogP contribution is 2.13. The molecule has 0 aliphatic carbocycles. The minimum absolute atomic E-state index is 0.279. The van der Waals surface area contributed by atoms with Gasteiger partial charge in [0.15, 0.2) is 0 Å². The third kappa shape index (κ3) is 3.06. The van der Waals surface area contributed by atoms with E-state index in [1.54, 1.807) is 30.3 Å². The van der Waals surface area contributed by atoms with E-state index in [-0.39, 0.29) is 5.91 Å². The van der Waals surface area contributed by atoms with Crippen LogP contribution < -0.4 is 16.6 Å². The topological polar surface area (TPSA) is 82.8 Å². The Balaban J connectivity index is 1.74. The number of carbonyl (C=O) groups is 1. The number of benzene rings is 2. The Morgan fingerprint density at radius 2 is 1.68 bits per heavy atom. The minimum atomic E-state index is -0.279. The Hall–Kier alpha value is -3.28. The standard InChI is InChI=1S/C16H15N5O/c17-15-11-14(12-7-3-1-4-8-12)18-21(19-15)20-16(22)13-9-5-2-6-10-13/h1-11,18H,(H2,17,19)(H,20,22). The summed E-state index contributed by atoms with van der Waals surface area (Å²) in [5.74, 6) is 0.0185. The molecule has 1 heterocycles. The van der Waals surface area contributed by atoms with Crippen molar-refractivity contribution in [3.8, 4) is 0 Å². The molecule has 2 aromatic rings. The lowest BCUT2D eigenvalue weighted by atomic mass is 10.1. The average molecular weight is 293 g/mol. The lowest BCUT2D eigenvalue weighted by Gasteiger charge is -2.26. The first-order valence-corrected chi connectivity index (χ1v) is 6.76. The lowest BCUT2D eigenvalue weighted by molar-refractivity contribution is 0.0730. The van der Waals surface area contributed by atoms with E-state index in [1.807, 2.05) is 36.4 Å². The van der Waals surface area contributed by atoms with Crippen molar-refractivity contribution in [3.05, 3.63) is 77.9 Å². The normalized spacial score (nSPS) is 13.7. The third-order valence-corrected chi connectivity index (χ3v) is 3.06. The molecule has 0 saturated carbocycles. The van der Waals surface area contributed by atoms with Crippen molar-refractivity contribution in [1.29, 1.82) is 0 Å². The van der Waals surface area contributed by atoms with E-state index in [0.29, 0.717) is 11.4 Å².